The Balaban J connectivity index is 1.98. The molecule has 0 saturated carbocycles. The maximum atomic E-state index is 12.1. The lowest BCUT2D eigenvalue weighted by Crippen LogP contribution is -2.32. The summed E-state index contributed by atoms with van der Waals surface area (Å²) in [5.74, 6) is 1.97. The molecule has 0 aromatic heterocycles. The molecule has 2 aromatic carbocycles. The number of methoxy groups -OCH3 is 4. The van der Waals surface area contributed by atoms with Crippen molar-refractivity contribution in [3.63, 3.8) is 0 Å². The normalized spacial score (nSPS) is 11.3. The molecule has 0 saturated heterocycles. The maximum Gasteiger partial charge on any atom is 0.319 e. The average molecular weight is 376 g/mol. The van der Waals surface area contributed by atoms with Gasteiger partial charge in [-0.1, -0.05) is 12.1 Å². The molecule has 3 N–H and O–H groups in total. The van der Waals surface area contributed by atoms with E-state index in [9.17, 15) is 9.90 Å². The van der Waals surface area contributed by atoms with Crippen molar-refractivity contribution in [3.8, 4) is 23.0 Å². The van der Waals surface area contributed by atoms with Crippen molar-refractivity contribution in [2.24, 2.45) is 0 Å². The van der Waals surface area contributed by atoms with Gasteiger partial charge in [0.1, 0.15) is 5.75 Å². The van der Waals surface area contributed by atoms with Crippen LogP contribution in [0.2, 0.25) is 0 Å². The lowest BCUT2D eigenvalue weighted by molar-refractivity contribution is 0.175. The van der Waals surface area contributed by atoms with Crippen LogP contribution in [0.15, 0.2) is 36.4 Å². The molecule has 0 aliphatic heterocycles. The van der Waals surface area contributed by atoms with Crippen molar-refractivity contribution in [1.29, 1.82) is 0 Å². The van der Waals surface area contributed by atoms with Crippen LogP contribution in [0.4, 0.5) is 10.5 Å². The summed E-state index contributed by atoms with van der Waals surface area (Å²) in [7, 11) is 6.06. The Bertz CT molecular complexity index is 738. The molecule has 27 heavy (non-hydrogen) atoms. The third-order valence-electron chi connectivity index (χ3n) is 3.88. The van der Waals surface area contributed by atoms with Crippen molar-refractivity contribution in [2.75, 3.05) is 40.3 Å². The van der Waals surface area contributed by atoms with Crippen molar-refractivity contribution in [1.82, 2.24) is 5.32 Å². The van der Waals surface area contributed by atoms with Gasteiger partial charge in [0.05, 0.1) is 40.2 Å². The van der Waals surface area contributed by atoms with Crippen LogP contribution in [0.3, 0.4) is 0 Å². The van der Waals surface area contributed by atoms with Gasteiger partial charge in [0.2, 0.25) is 5.75 Å². The summed E-state index contributed by atoms with van der Waals surface area (Å²) in [6, 6.07) is 9.71. The monoisotopic (exact) mass is 376 g/mol. The number of rotatable bonds is 8. The lowest BCUT2D eigenvalue weighted by Gasteiger charge is -2.16. The smallest absolute Gasteiger partial charge is 0.319 e. The maximum absolute atomic E-state index is 12.1. The average Bonchev–Trinajstić information content (AvgIpc) is 2.71. The number of aliphatic hydroxyl groups is 1. The molecule has 2 aromatic rings. The number of carbonyl (C=O) groups is 1. The van der Waals surface area contributed by atoms with Gasteiger partial charge in [0.15, 0.2) is 11.5 Å². The molecule has 1 atom stereocenters. The van der Waals surface area contributed by atoms with Crippen molar-refractivity contribution >= 4 is 11.7 Å². The standard InChI is InChI=1S/C19H24N2O6/c1-24-14-7-5-12(6-8-14)15(22)11-20-19(23)21-13-9-16(25-2)18(27-4)17(10-13)26-3/h5-10,15,22H,11H2,1-4H3,(H2,20,21,23). The van der Waals surface area contributed by atoms with Gasteiger partial charge in [-0.15, -0.1) is 0 Å². The van der Waals surface area contributed by atoms with Crippen LogP contribution in [0.25, 0.3) is 0 Å². The zero-order chi connectivity index (χ0) is 19.8. The molecule has 0 spiro atoms. The van der Waals surface area contributed by atoms with E-state index in [1.165, 1.54) is 21.3 Å². The second-order valence-electron chi connectivity index (χ2n) is 5.54. The van der Waals surface area contributed by atoms with Gasteiger partial charge in [-0.05, 0) is 17.7 Å². The lowest BCUT2D eigenvalue weighted by atomic mass is 10.1. The van der Waals surface area contributed by atoms with E-state index in [4.69, 9.17) is 18.9 Å². The van der Waals surface area contributed by atoms with E-state index in [-0.39, 0.29) is 6.54 Å². The first-order chi connectivity index (χ1) is 13.0. The Kier molecular flexibility index (Phi) is 7.13. The van der Waals surface area contributed by atoms with Gasteiger partial charge >= 0.3 is 6.03 Å². The molecule has 0 bridgehead atoms. The van der Waals surface area contributed by atoms with E-state index in [0.717, 1.165) is 0 Å². The molecular weight excluding hydrogens is 352 g/mol. The van der Waals surface area contributed by atoms with E-state index in [1.807, 2.05) is 0 Å². The Morgan fingerprint density at radius 2 is 1.56 bits per heavy atom. The molecule has 1 unspecified atom stereocenters. The highest BCUT2D eigenvalue weighted by atomic mass is 16.5. The molecular formula is C19H24N2O6. The number of anilines is 1. The highest BCUT2D eigenvalue weighted by Crippen LogP contribution is 2.39. The van der Waals surface area contributed by atoms with Gasteiger partial charge in [-0.2, -0.15) is 0 Å². The number of ether oxygens (including phenoxy) is 4. The van der Waals surface area contributed by atoms with Crippen LogP contribution in [-0.2, 0) is 0 Å². The number of aliphatic hydroxyl groups excluding tert-OH is 1. The molecule has 0 radical (unpaired) electrons. The van der Waals surface area contributed by atoms with Gasteiger partial charge in [0.25, 0.3) is 0 Å². The fourth-order valence-electron chi connectivity index (χ4n) is 2.46. The SMILES string of the molecule is COc1ccc(C(O)CNC(=O)Nc2cc(OC)c(OC)c(OC)c2)cc1. The first-order valence-corrected chi connectivity index (χ1v) is 8.19. The number of benzene rings is 2. The van der Waals surface area contributed by atoms with Crippen molar-refractivity contribution < 1.29 is 28.8 Å². The number of urea groups is 1. The number of amides is 2. The predicted octanol–water partition coefficient (Wildman–Crippen LogP) is 2.58. The summed E-state index contributed by atoms with van der Waals surface area (Å²) in [5.41, 5.74) is 1.13. The third kappa shape index (κ3) is 5.18. The molecule has 0 fully saturated rings. The Morgan fingerprint density at radius 3 is 2.04 bits per heavy atom. The molecule has 0 heterocycles. The highest BCUT2D eigenvalue weighted by Gasteiger charge is 2.15. The zero-order valence-electron chi connectivity index (χ0n) is 15.7. The first-order valence-electron chi connectivity index (χ1n) is 8.19. The number of hydrogen-bond donors (Lipinski definition) is 3. The minimum Gasteiger partial charge on any atom is -0.497 e. The summed E-state index contributed by atoms with van der Waals surface area (Å²) in [5, 5.41) is 15.5. The fraction of sp³-hybridized carbons (Fsp3) is 0.316. The van der Waals surface area contributed by atoms with E-state index < -0.39 is 12.1 Å². The number of carbonyl (C=O) groups excluding carboxylic acids is 1. The van der Waals surface area contributed by atoms with E-state index in [0.29, 0.717) is 34.2 Å². The van der Waals surface area contributed by atoms with E-state index in [1.54, 1.807) is 43.5 Å². The van der Waals surface area contributed by atoms with Crippen LogP contribution in [-0.4, -0.2) is 46.1 Å². The first kappa shape index (κ1) is 20.2. The zero-order valence-corrected chi connectivity index (χ0v) is 15.7. The van der Waals surface area contributed by atoms with Crippen LogP contribution in [0.1, 0.15) is 11.7 Å². The second kappa shape index (κ2) is 9.54. The molecule has 0 aliphatic carbocycles. The van der Waals surface area contributed by atoms with Gasteiger partial charge < -0.3 is 34.7 Å². The second-order valence-corrected chi connectivity index (χ2v) is 5.54. The predicted molar refractivity (Wildman–Crippen MR) is 101 cm³/mol. The van der Waals surface area contributed by atoms with Crippen molar-refractivity contribution in [2.45, 2.75) is 6.10 Å². The molecule has 2 amide bonds. The van der Waals surface area contributed by atoms with Crippen LogP contribution >= 0.6 is 0 Å². The van der Waals surface area contributed by atoms with Crippen LogP contribution in [0.5, 0.6) is 23.0 Å². The Hall–Kier alpha value is -3.13. The third-order valence-corrected chi connectivity index (χ3v) is 3.88. The highest BCUT2D eigenvalue weighted by molar-refractivity contribution is 5.90. The quantitative estimate of drug-likeness (QED) is 0.655. The summed E-state index contributed by atoms with van der Waals surface area (Å²) >= 11 is 0. The van der Waals surface area contributed by atoms with Crippen LogP contribution < -0.4 is 29.6 Å². The van der Waals surface area contributed by atoms with Gasteiger partial charge in [0, 0.05) is 18.7 Å². The van der Waals surface area contributed by atoms with Gasteiger partial charge in [-0.3, -0.25) is 0 Å². The van der Waals surface area contributed by atoms with Crippen molar-refractivity contribution in [3.05, 3.63) is 42.0 Å². The Labute approximate surface area is 158 Å². The summed E-state index contributed by atoms with van der Waals surface area (Å²) < 4.78 is 20.8. The minimum atomic E-state index is -0.846. The fourth-order valence-corrected chi connectivity index (χ4v) is 2.46. The minimum absolute atomic E-state index is 0.0442. The molecule has 2 rings (SSSR count). The topological polar surface area (TPSA) is 98.3 Å². The van der Waals surface area contributed by atoms with E-state index >= 15 is 0 Å². The Morgan fingerprint density at radius 1 is 0.963 bits per heavy atom. The number of hydrogen-bond acceptors (Lipinski definition) is 6. The van der Waals surface area contributed by atoms with Gasteiger partial charge in [-0.25, -0.2) is 4.79 Å². The molecule has 8 nitrogen and oxygen atoms in total. The van der Waals surface area contributed by atoms with Crippen LogP contribution in [0, 0.1) is 0 Å². The molecule has 8 heteroatoms. The summed E-state index contributed by atoms with van der Waals surface area (Å²) in [4.78, 5) is 12.1. The largest absolute Gasteiger partial charge is 0.497 e. The molecule has 146 valence electrons. The summed E-state index contributed by atoms with van der Waals surface area (Å²) in [6.45, 7) is 0.0442. The summed E-state index contributed by atoms with van der Waals surface area (Å²) in [6.07, 6.45) is -0.846. The molecule has 0 aliphatic rings. The van der Waals surface area contributed by atoms with E-state index in [2.05, 4.69) is 10.6 Å². The number of nitrogens with one attached hydrogen (secondary N) is 2.